The van der Waals surface area contributed by atoms with Crippen LogP contribution in [-0.4, -0.2) is 37.6 Å². The molecule has 5 heteroatoms. The van der Waals surface area contributed by atoms with Crippen molar-refractivity contribution in [3.63, 3.8) is 0 Å². The Hall–Kier alpha value is -1.26. The maximum Gasteiger partial charge on any atom is 0.230 e. The van der Waals surface area contributed by atoms with Crippen LogP contribution < -0.4 is 10.1 Å². The van der Waals surface area contributed by atoms with Crippen LogP contribution in [-0.2, 0) is 11.3 Å². The SMILES string of the molecule is CCN(Cc1ccc(OC)cc1)C(=O)C1(C)CCCNC1.Cl. The molecule has 1 aliphatic heterocycles. The third-order valence-corrected chi connectivity index (χ3v) is 4.32. The molecule has 0 spiro atoms. The standard InChI is InChI=1S/C17H26N2O2.ClH/c1-4-19(12-14-6-8-15(21-3)9-7-14)16(20)17(2)10-5-11-18-13-17;/h6-9,18H,4-5,10-13H2,1-3H3;1H. The first kappa shape index (κ1) is 18.8. The second kappa shape index (κ2) is 8.39. The zero-order valence-corrected chi connectivity index (χ0v) is 14.5. The van der Waals surface area contributed by atoms with Gasteiger partial charge < -0.3 is 15.0 Å². The number of hydrogen-bond donors (Lipinski definition) is 1. The van der Waals surface area contributed by atoms with E-state index < -0.39 is 0 Å². The Morgan fingerprint density at radius 2 is 2.05 bits per heavy atom. The number of benzene rings is 1. The van der Waals surface area contributed by atoms with Crippen LogP contribution in [0, 0.1) is 5.41 Å². The molecule has 1 amide bonds. The van der Waals surface area contributed by atoms with Gasteiger partial charge in [-0.05, 0) is 50.9 Å². The summed E-state index contributed by atoms with van der Waals surface area (Å²) < 4.78 is 5.17. The van der Waals surface area contributed by atoms with Crippen molar-refractivity contribution in [2.45, 2.75) is 33.2 Å². The van der Waals surface area contributed by atoms with Gasteiger partial charge in [0.15, 0.2) is 0 Å². The van der Waals surface area contributed by atoms with Gasteiger partial charge in [-0.3, -0.25) is 4.79 Å². The minimum atomic E-state index is -0.263. The van der Waals surface area contributed by atoms with Gasteiger partial charge in [0.2, 0.25) is 5.91 Å². The van der Waals surface area contributed by atoms with E-state index in [0.717, 1.165) is 43.8 Å². The van der Waals surface area contributed by atoms with Crippen molar-refractivity contribution in [1.82, 2.24) is 10.2 Å². The number of halogens is 1. The molecular weight excluding hydrogens is 300 g/mol. The van der Waals surface area contributed by atoms with Gasteiger partial charge >= 0.3 is 0 Å². The zero-order valence-electron chi connectivity index (χ0n) is 13.7. The lowest BCUT2D eigenvalue weighted by molar-refractivity contribution is -0.142. The van der Waals surface area contributed by atoms with E-state index in [4.69, 9.17) is 4.74 Å². The molecule has 1 aromatic rings. The number of carbonyl (C=O) groups excluding carboxylic acids is 1. The predicted octanol–water partition coefficient (Wildman–Crippen LogP) is 2.86. The Labute approximate surface area is 139 Å². The second-order valence-corrected chi connectivity index (χ2v) is 6.01. The van der Waals surface area contributed by atoms with E-state index in [2.05, 4.69) is 12.2 Å². The predicted molar refractivity (Wildman–Crippen MR) is 91.5 cm³/mol. The number of piperidine rings is 1. The minimum Gasteiger partial charge on any atom is -0.497 e. The quantitative estimate of drug-likeness (QED) is 0.904. The average Bonchev–Trinajstić information content (AvgIpc) is 2.53. The van der Waals surface area contributed by atoms with Gasteiger partial charge in [0.05, 0.1) is 12.5 Å². The van der Waals surface area contributed by atoms with Gasteiger partial charge in [0, 0.05) is 19.6 Å². The topological polar surface area (TPSA) is 41.6 Å². The monoisotopic (exact) mass is 326 g/mol. The van der Waals surface area contributed by atoms with E-state index in [9.17, 15) is 4.79 Å². The highest BCUT2D eigenvalue weighted by molar-refractivity contribution is 5.85. The van der Waals surface area contributed by atoms with Crippen molar-refractivity contribution in [2.24, 2.45) is 5.41 Å². The largest absolute Gasteiger partial charge is 0.497 e. The molecular formula is C17H27ClN2O2. The normalized spacial score (nSPS) is 20.9. The number of methoxy groups -OCH3 is 1. The Morgan fingerprint density at radius 3 is 2.55 bits per heavy atom. The fourth-order valence-electron chi connectivity index (χ4n) is 2.90. The molecule has 4 nitrogen and oxygen atoms in total. The summed E-state index contributed by atoms with van der Waals surface area (Å²) in [5.74, 6) is 1.10. The molecule has 1 unspecified atom stereocenters. The molecule has 0 radical (unpaired) electrons. The highest BCUT2D eigenvalue weighted by Gasteiger charge is 2.37. The van der Waals surface area contributed by atoms with Crippen molar-refractivity contribution in [3.05, 3.63) is 29.8 Å². The average molecular weight is 327 g/mol. The first-order chi connectivity index (χ1) is 10.1. The number of nitrogens with one attached hydrogen (secondary N) is 1. The molecule has 124 valence electrons. The van der Waals surface area contributed by atoms with Crippen molar-refractivity contribution in [3.8, 4) is 5.75 Å². The molecule has 1 atom stereocenters. The molecule has 1 N–H and O–H groups in total. The number of ether oxygens (including phenoxy) is 1. The van der Waals surface area contributed by atoms with Crippen LogP contribution in [0.25, 0.3) is 0 Å². The third-order valence-electron chi connectivity index (χ3n) is 4.32. The van der Waals surface area contributed by atoms with Crippen molar-refractivity contribution in [2.75, 3.05) is 26.7 Å². The van der Waals surface area contributed by atoms with Gasteiger partial charge in [-0.15, -0.1) is 12.4 Å². The third kappa shape index (κ3) is 4.37. The number of amides is 1. The molecule has 22 heavy (non-hydrogen) atoms. The lowest BCUT2D eigenvalue weighted by Crippen LogP contribution is -2.50. The summed E-state index contributed by atoms with van der Waals surface area (Å²) in [6, 6.07) is 7.93. The molecule has 0 aromatic heterocycles. The molecule has 0 bridgehead atoms. The van der Waals surface area contributed by atoms with Crippen LogP contribution in [0.2, 0.25) is 0 Å². The molecule has 1 fully saturated rings. The summed E-state index contributed by atoms with van der Waals surface area (Å²) in [6.45, 7) is 7.33. The van der Waals surface area contributed by atoms with Gasteiger partial charge in [0.1, 0.15) is 5.75 Å². The van der Waals surface area contributed by atoms with Crippen LogP contribution in [0.3, 0.4) is 0 Å². The van der Waals surface area contributed by atoms with Gasteiger partial charge in [-0.1, -0.05) is 12.1 Å². The number of rotatable bonds is 5. The Morgan fingerprint density at radius 1 is 1.36 bits per heavy atom. The van der Waals surface area contributed by atoms with E-state index in [-0.39, 0.29) is 23.7 Å². The maximum atomic E-state index is 12.8. The lowest BCUT2D eigenvalue weighted by Gasteiger charge is -2.37. The second-order valence-electron chi connectivity index (χ2n) is 6.01. The summed E-state index contributed by atoms with van der Waals surface area (Å²) in [4.78, 5) is 14.8. The number of nitrogens with zero attached hydrogens (tertiary/aromatic N) is 1. The Bertz CT molecular complexity index is 470. The number of carbonyl (C=O) groups is 1. The fraction of sp³-hybridized carbons (Fsp3) is 0.588. The smallest absolute Gasteiger partial charge is 0.230 e. The van der Waals surface area contributed by atoms with Crippen LogP contribution in [0.15, 0.2) is 24.3 Å². The molecule has 1 aromatic carbocycles. The summed E-state index contributed by atoms with van der Waals surface area (Å²) in [5, 5.41) is 3.35. The van der Waals surface area contributed by atoms with Crippen molar-refractivity contribution >= 4 is 18.3 Å². The van der Waals surface area contributed by atoms with Gasteiger partial charge in [-0.2, -0.15) is 0 Å². The van der Waals surface area contributed by atoms with Crippen LogP contribution in [0.4, 0.5) is 0 Å². The highest BCUT2D eigenvalue weighted by Crippen LogP contribution is 2.28. The van der Waals surface area contributed by atoms with Crippen molar-refractivity contribution in [1.29, 1.82) is 0 Å². The minimum absolute atomic E-state index is 0. The summed E-state index contributed by atoms with van der Waals surface area (Å²) >= 11 is 0. The fourth-order valence-corrected chi connectivity index (χ4v) is 2.90. The van der Waals surface area contributed by atoms with Crippen LogP contribution >= 0.6 is 12.4 Å². The van der Waals surface area contributed by atoms with Gasteiger partial charge in [0.25, 0.3) is 0 Å². The molecule has 1 aliphatic rings. The maximum absolute atomic E-state index is 12.8. The van der Waals surface area contributed by atoms with E-state index in [1.54, 1.807) is 7.11 Å². The molecule has 1 saturated heterocycles. The summed E-state index contributed by atoms with van der Waals surface area (Å²) in [5.41, 5.74) is 0.874. The van der Waals surface area contributed by atoms with E-state index >= 15 is 0 Å². The van der Waals surface area contributed by atoms with E-state index in [1.807, 2.05) is 36.1 Å². The Kier molecular flexibility index (Phi) is 7.17. The molecule has 1 heterocycles. The Balaban J connectivity index is 0.00000242. The molecule has 0 saturated carbocycles. The highest BCUT2D eigenvalue weighted by atomic mass is 35.5. The van der Waals surface area contributed by atoms with E-state index in [1.165, 1.54) is 0 Å². The first-order valence-electron chi connectivity index (χ1n) is 7.72. The van der Waals surface area contributed by atoms with Crippen molar-refractivity contribution < 1.29 is 9.53 Å². The number of hydrogen-bond acceptors (Lipinski definition) is 3. The molecule has 0 aliphatic carbocycles. The van der Waals surface area contributed by atoms with Gasteiger partial charge in [-0.25, -0.2) is 0 Å². The summed E-state index contributed by atoms with van der Waals surface area (Å²) in [6.07, 6.45) is 2.04. The first-order valence-corrected chi connectivity index (χ1v) is 7.72. The molecule has 2 rings (SSSR count). The van der Waals surface area contributed by atoms with Crippen LogP contribution in [0.1, 0.15) is 32.3 Å². The van der Waals surface area contributed by atoms with Crippen LogP contribution in [0.5, 0.6) is 5.75 Å². The lowest BCUT2D eigenvalue weighted by atomic mass is 9.81. The summed E-state index contributed by atoms with van der Waals surface area (Å²) in [7, 11) is 1.66. The van der Waals surface area contributed by atoms with E-state index in [0.29, 0.717) is 6.54 Å². The zero-order chi connectivity index (χ0) is 15.3.